The van der Waals surface area contributed by atoms with Gasteiger partial charge in [0.25, 0.3) is 0 Å². The Kier molecular flexibility index (Phi) is 4.05. The van der Waals surface area contributed by atoms with Gasteiger partial charge in [0.05, 0.1) is 6.04 Å². The summed E-state index contributed by atoms with van der Waals surface area (Å²) < 4.78 is 0. The monoisotopic (exact) mass is 301 g/mol. The molecule has 118 valence electrons. The Morgan fingerprint density at radius 3 is 3.00 bits per heavy atom. The maximum atomic E-state index is 12.5. The van der Waals surface area contributed by atoms with Crippen LogP contribution in [0.5, 0.6) is 0 Å². The Morgan fingerprint density at radius 1 is 1.36 bits per heavy atom. The van der Waals surface area contributed by atoms with Crippen molar-refractivity contribution in [3.63, 3.8) is 0 Å². The molecule has 1 aromatic carbocycles. The number of carbonyl (C=O) groups excluding carboxylic acids is 2. The van der Waals surface area contributed by atoms with Crippen molar-refractivity contribution in [1.82, 2.24) is 15.5 Å². The molecule has 5 heteroatoms. The van der Waals surface area contributed by atoms with E-state index in [0.717, 1.165) is 6.42 Å². The first-order chi connectivity index (χ1) is 10.5. The van der Waals surface area contributed by atoms with Gasteiger partial charge in [0.2, 0.25) is 5.91 Å². The van der Waals surface area contributed by atoms with Gasteiger partial charge in [-0.15, -0.1) is 0 Å². The van der Waals surface area contributed by atoms with Gasteiger partial charge in [-0.2, -0.15) is 0 Å². The standard InChI is InChI=1S/C17H23N3O2/c1-11-3-4-13-10-12(2)16(14(13)9-11)19-17(22)20-7-5-15(21)18-6-8-20/h3-4,9,12,16H,5-8,10H2,1-2H3,(H,18,21)(H,19,22)/t12-,16-/m0/s1. The first-order valence-electron chi connectivity index (χ1n) is 7.96. The maximum absolute atomic E-state index is 12.5. The van der Waals surface area contributed by atoms with Crippen molar-refractivity contribution in [2.45, 2.75) is 32.7 Å². The fraction of sp³-hybridized carbons (Fsp3) is 0.529. The number of nitrogens with zero attached hydrogens (tertiary/aromatic N) is 1. The fourth-order valence-electron chi connectivity index (χ4n) is 3.38. The Balaban J connectivity index is 1.71. The minimum atomic E-state index is -0.0669. The Labute approximate surface area is 131 Å². The zero-order valence-corrected chi connectivity index (χ0v) is 13.2. The molecule has 5 nitrogen and oxygen atoms in total. The van der Waals surface area contributed by atoms with Gasteiger partial charge in [0, 0.05) is 26.1 Å². The summed E-state index contributed by atoms with van der Waals surface area (Å²) in [6.45, 7) is 5.84. The SMILES string of the molecule is Cc1ccc2c(c1)[C@@H](NC(=O)N1CCNC(=O)CC1)[C@@H](C)C2. The van der Waals surface area contributed by atoms with E-state index >= 15 is 0 Å². The number of hydrogen-bond acceptors (Lipinski definition) is 2. The highest BCUT2D eigenvalue weighted by Gasteiger charge is 2.32. The lowest BCUT2D eigenvalue weighted by atomic mass is 10.0. The van der Waals surface area contributed by atoms with Crippen molar-refractivity contribution in [1.29, 1.82) is 0 Å². The van der Waals surface area contributed by atoms with Gasteiger partial charge >= 0.3 is 6.03 Å². The van der Waals surface area contributed by atoms with Gasteiger partial charge in [-0.3, -0.25) is 4.79 Å². The van der Waals surface area contributed by atoms with Crippen LogP contribution in [0.15, 0.2) is 18.2 Å². The number of hydrogen-bond donors (Lipinski definition) is 2. The molecule has 3 rings (SSSR count). The Morgan fingerprint density at radius 2 is 2.18 bits per heavy atom. The molecule has 0 radical (unpaired) electrons. The summed E-state index contributed by atoms with van der Waals surface area (Å²) in [5.41, 5.74) is 3.79. The third-order valence-corrected chi connectivity index (χ3v) is 4.63. The normalized spacial score (nSPS) is 24.5. The largest absolute Gasteiger partial charge is 0.354 e. The third kappa shape index (κ3) is 2.93. The molecule has 3 amide bonds. The number of carbonyl (C=O) groups is 2. The van der Waals surface area contributed by atoms with E-state index in [0.29, 0.717) is 32.0 Å². The number of benzene rings is 1. The van der Waals surface area contributed by atoms with Gasteiger partial charge in [-0.1, -0.05) is 30.7 Å². The van der Waals surface area contributed by atoms with E-state index in [2.05, 4.69) is 42.7 Å². The van der Waals surface area contributed by atoms with Gasteiger partial charge in [-0.25, -0.2) is 4.79 Å². The summed E-state index contributed by atoms with van der Waals surface area (Å²) in [7, 11) is 0. The zero-order chi connectivity index (χ0) is 15.7. The molecule has 0 unspecified atom stereocenters. The molecule has 0 spiro atoms. The van der Waals surface area contributed by atoms with Crippen LogP contribution in [-0.2, 0) is 11.2 Å². The van der Waals surface area contributed by atoms with Crippen molar-refractivity contribution in [2.24, 2.45) is 5.92 Å². The van der Waals surface area contributed by atoms with Crippen LogP contribution in [0.4, 0.5) is 4.79 Å². The predicted molar refractivity (Wildman–Crippen MR) is 84.5 cm³/mol. The van der Waals surface area contributed by atoms with Crippen LogP contribution in [0.1, 0.15) is 36.1 Å². The lowest BCUT2D eigenvalue weighted by Gasteiger charge is -2.25. The van der Waals surface area contributed by atoms with E-state index < -0.39 is 0 Å². The second-order valence-corrected chi connectivity index (χ2v) is 6.40. The molecule has 0 saturated carbocycles. The highest BCUT2D eigenvalue weighted by Crippen LogP contribution is 2.36. The van der Waals surface area contributed by atoms with Crippen molar-refractivity contribution >= 4 is 11.9 Å². The Bertz CT molecular complexity index is 600. The molecular weight excluding hydrogens is 278 g/mol. The van der Waals surface area contributed by atoms with Gasteiger partial charge in [-0.05, 0) is 30.4 Å². The fourth-order valence-corrected chi connectivity index (χ4v) is 3.38. The van der Waals surface area contributed by atoms with E-state index in [1.807, 2.05) is 0 Å². The van der Waals surface area contributed by atoms with E-state index in [1.165, 1.54) is 16.7 Å². The second-order valence-electron chi connectivity index (χ2n) is 6.40. The summed E-state index contributed by atoms with van der Waals surface area (Å²) >= 11 is 0. The summed E-state index contributed by atoms with van der Waals surface area (Å²) in [5.74, 6) is 0.415. The summed E-state index contributed by atoms with van der Waals surface area (Å²) in [6, 6.07) is 6.47. The predicted octanol–water partition coefficient (Wildman–Crippen LogP) is 1.76. The molecule has 1 saturated heterocycles. The summed E-state index contributed by atoms with van der Waals surface area (Å²) in [4.78, 5) is 25.6. The molecule has 22 heavy (non-hydrogen) atoms. The molecule has 1 fully saturated rings. The average Bonchev–Trinajstić information content (AvgIpc) is 2.65. The molecule has 1 aliphatic carbocycles. The first kappa shape index (κ1) is 14.9. The number of amides is 3. The quantitative estimate of drug-likeness (QED) is 0.830. The third-order valence-electron chi connectivity index (χ3n) is 4.63. The van der Waals surface area contributed by atoms with Crippen LogP contribution in [0.25, 0.3) is 0 Å². The van der Waals surface area contributed by atoms with Crippen LogP contribution in [0, 0.1) is 12.8 Å². The molecule has 2 atom stereocenters. The van der Waals surface area contributed by atoms with Gasteiger partial charge in [0.1, 0.15) is 0 Å². The minimum absolute atomic E-state index is 0.0190. The van der Waals surface area contributed by atoms with E-state index in [4.69, 9.17) is 0 Å². The maximum Gasteiger partial charge on any atom is 0.317 e. The van der Waals surface area contributed by atoms with Crippen LogP contribution < -0.4 is 10.6 Å². The molecule has 0 aromatic heterocycles. The van der Waals surface area contributed by atoms with Gasteiger partial charge < -0.3 is 15.5 Å². The minimum Gasteiger partial charge on any atom is -0.354 e. The molecule has 2 N–H and O–H groups in total. The molecule has 1 aromatic rings. The highest BCUT2D eigenvalue weighted by atomic mass is 16.2. The number of nitrogens with one attached hydrogen (secondary N) is 2. The molecule has 2 aliphatic rings. The molecule has 0 bridgehead atoms. The van der Waals surface area contributed by atoms with E-state index in [-0.39, 0.29) is 18.0 Å². The zero-order valence-electron chi connectivity index (χ0n) is 13.2. The molecule has 1 aliphatic heterocycles. The van der Waals surface area contributed by atoms with Crippen molar-refractivity contribution in [3.05, 3.63) is 34.9 Å². The number of rotatable bonds is 1. The average molecular weight is 301 g/mol. The lowest BCUT2D eigenvalue weighted by Crippen LogP contribution is -2.43. The van der Waals surface area contributed by atoms with Crippen molar-refractivity contribution < 1.29 is 9.59 Å². The van der Waals surface area contributed by atoms with Crippen molar-refractivity contribution in [2.75, 3.05) is 19.6 Å². The van der Waals surface area contributed by atoms with Crippen LogP contribution in [0.3, 0.4) is 0 Å². The smallest absolute Gasteiger partial charge is 0.317 e. The first-order valence-corrected chi connectivity index (χ1v) is 7.96. The highest BCUT2D eigenvalue weighted by molar-refractivity contribution is 5.79. The summed E-state index contributed by atoms with van der Waals surface area (Å²) in [5, 5.41) is 5.97. The van der Waals surface area contributed by atoms with Crippen LogP contribution in [-0.4, -0.2) is 36.5 Å². The van der Waals surface area contributed by atoms with Crippen molar-refractivity contribution in [3.8, 4) is 0 Å². The number of aryl methyl sites for hydroxylation is 1. The van der Waals surface area contributed by atoms with Crippen LogP contribution >= 0.6 is 0 Å². The second kappa shape index (κ2) is 5.99. The number of fused-ring (bicyclic) bond motifs is 1. The Hall–Kier alpha value is -2.04. The van der Waals surface area contributed by atoms with Crippen LogP contribution in [0.2, 0.25) is 0 Å². The number of urea groups is 1. The summed E-state index contributed by atoms with van der Waals surface area (Å²) in [6.07, 6.45) is 1.38. The lowest BCUT2D eigenvalue weighted by molar-refractivity contribution is -0.120. The van der Waals surface area contributed by atoms with Gasteiger partial charge in [0.15, 0.2) is 0 Å². The topological polar surface area (TPSA) is 61.4 Å². The molecule has 1 heterocycles. The van der Waals surface area contributed by atoms with E-state index in [1.54, 1.807) is 4.90 Å². The molecular formula is C17H23N3O2. The van der Waals surface area contributed by atoms with E-state index in [9.17, 15) is 9.59 Å².